The van der Waals surface area contributed by atoms with E-state index in [1.807, 2.05) is 31.2 Å². The van der Waals surface area contributed by atoms with E-state index in [1.54, 1.807) is 18.2 Å². The monoisotopic (exact) mass is 438 g/mol. The molecule has 3 aromatic carbocycles. The molecular weight excluding hydrogens is 419 g/mol. The van der Waals surface area contributed by atoms with Crippen molar-refractivity contribution in [3.8, 4) is 0 Å². The van der Waals surface area contributed by atoms with Crippen LogP contribution in [0, 0.1) is 6.92 Å². The Morgan fingerprint density at radius 2 is 1.77 bits per heavy atom. The van der Waals surface area contributed by atoms with Crippen LogP contribution in [0.5, 0.6) is 0 Å². The number of anilines is 2. The second-order valence-electron chi connectivity index (χ2n) is 7.14. The number of carbonyl (C=O) groups is 1. The van der Waals surface area contributed by atoms with Crippen LogP contribution in [0.25, 0.3) is 0 Å². The van der Waals surface area contributed by atoms with E-state index in [9.17, 15) is 4.79 Å². The van der Waals surface area contributed by atoms with E-state index in [4.69, 9.17) is 23.2 Å². The molecule has 1 unspecified atom stereocenters. The molecule has 0 fully saturated rings. The minimum atomic E-state index is -0.468. The molecule has 2 amide bonds. The van der Waals surface area contributed by atoms with Crippen LogP contribution in [-0.4, -0.2) is 11.7 Å². The van der Waals surface area contributed by atoms with Crippen LogP contribution in [0.2, 0.25) is 10.0 Å². The maximum atomic E-state index is 12.4. The van der Waals surface area contributed by atoms with Crippen molar-refractivity contribution in [2.45, 2.75) is 19.4 Å². The number of hydrazone groups is 1. The molecule has 0 saturated heterocycles. The molecule has 0 spiro atoms. The first kappa shape index (κ1) is 20.3. The van der Waals surface area contributed by atoms with E-state index in [1.165, 1.54) is 0 Å². The van der Waals surface area contributed by atoms with Gasteiger partial charge in [0.15, 0.2) is 0 Å². The molecule has 1 aliphatic rings. The summed E-state index contributed by atoms with van der Waals surface area (Å²) in [6.07, 6.45) is 0.643. The summed E-state index contributed by atoms with van der Waals surface area (Å²) in [5.74, 6) is 0. The van der Waals surface area contributed by atoms with Crippen molar-refractivity contribution < 1.29 is 4.79 Å². The van der Waals surface area contributed by atoms with E-state index >= 15 is 0 Å². The van der Waals surface area contributed by atoms with Gasteiger partial charge in [0.2, 0.25) is 0 Å². The standard InChI is InChI=1S/C23H20Cl2N4O/c1-14-7-8-20-19(9-14)22(13-21(27-20)15-5-3-2-4-6-15)28-29-23(30)26-18-11-16(24)10-17(25)12-18/h2-12,21,27H,13H2,1H3,(H2,26,29,30). The number of carbonyl (C=O) groups excluding carboxylic acids is 1. The molecule has 3 N–H and O–H groups in total. The Morgan fingerprint density at radius 1 is 1.03 bits per heavy atom. The number of hydrogen-bond donors (Lipinski definition) is 3. The summed E-state index contributed by atoms with van der Waals surface area (Å²) in [4.78, 5) is 12.4. The highest BCUT2D eigenvalue weighted by molar-refractivity contribution is 6.35. The molecule has 0 radical (unpaired) electrons. The zero-order valence-corrected chi connectivity index (χ0v) is 17.8. The van der Waals surface area contributed by atoms with Crippen LogP contribution >= 0.6 is 23.2 Å². The van der Waals surface area contributed by atoms with Gasteiger partial charge in [-0.15, -0.1) is 0 Å². The Bertz CT molecular complexity index is 1100. The van der Waals surface area contributed by atoms with E-state index in [0.717, 1.165) is 28.1 Å². The average Bonchev–Trinajstić information content (AvgIpc) is 2.72. The third kappa shape index (κ3) is 4.75. The summed E-state index contributed by atoms with van der Waals surface area (Å²) in [6.45, 7) is 2.03. The second-order valence-corrected chi connectivity index (χ2v) is 8.02. The Hall–Kier alpha value is -3.02. The van der Waals surface area contributed by atoms with Gasteiger partial charge in [-0.25, -0.2) is 10.2 Å². The van der Waals surface area contributed by atoms with E-state index < -0.39 is 6.03 Å². The maximum Gasteiger partial charge on any atom is 0.339 e. The lowest BCUT2D eigenvalue weighted by atomic mass is 9.91. The minimum Gasteiger partial charge on any atom is -0.377 e. The number of nitrogens with one attached hydrogen (secondary N) is 3. The summed E-state index contributed by atoms with van der Waals surface area (Å²) in [7, 11) is 0. The first-order chi connectivity index (χ1) is 14.5. The van der Waals surface area contributed by atoms with E-state index in [-0.39, 0.29) is 6.04 Å². The molecule has 5 nitrogen and oxygen atoms in total. The summed E-state index contributed by atoms with van der Waals surface area (Å²) in [5, 5.41) is 11.6. The van der Waals surface area contributed by atoms with Crippen molar-refractivity contribution >= 4 is 46.3 Å². The van der Waals surface area contributed by atoms with Gasteiger partial charge in [0.05, 0.1) is 11.8 Å². The second kappa shape index (κ2) is 8.78. The molecular formula is C23H20Cl2N4O. The molecule has 3 aromatic rings. The number of aryl methyl sites for hydroxylation is 1. The molecule has 1 heterocycles. The largest absolute Gasteiger partial charge is 0.377 e. The van der Waals surface area contributed by atoms with Crippen molar-refractivity contribution in [2.24, 2.45) is 5.10 Å². The molecule has 0 saturated carbocycles. The van der Waals surface area contributed by atoms with Crippen LogP contribution in [0.4, 0.5) is 16.2 Å². The normalized spacial score (nSPS) is 16.5. The molecule has 1 aliphatic heterocycles. The van der Waals surface area contributed by atoms with Gasteiger partial charge < -0.3 is 10.6 Å². The lowest BCUT2D eigenvalue weighted by Crippen LogP contribution is -2.29. The van der Waals surface area contributed by atoms with Crippen molar-refractivity contribution in [3.63, 3.8) is 0 Å². The van der Waals surface area contributed by atoms with Crippen LogP contribution in [-0.2, 0) is 0 Å². The van der Waals surface area contributed by atoms with Crippen molar-refractivity contribution in [3.05, 3.63) is 93.5 Å². The highest BCUT2D eigenvalue weighted by Crippen LogP contribution is 2.33. The zero-order valence-electron chi connectivity index (χ0n) is 16.2. The highest BCUT2D eigenvalue weighted by atomic mass is 35.5. The van der Waals surface area contributed by atoms with Gasteiger partial charge in [-0.05, 0) is 42.8 Å². The van der Waals surface area contributed by atoms with Crippen molar-refractivity contribution in [1.29, 1.82) is 0 Å². The van der Waals surface area contributed by atoms with Gasteiger partial charge in [-0.2, -0.15) is 5.10 Å². The number of nitrogens with zero attached hydrogens (tertiary/aromatic N) is 1. The summed E-state index contributed by atoms with van der Waals surface area (Å²) in [5.41, 5.74) is 8.15. The predicted molar refractivity (Wildman–Crippen MR) is 124 cm³/mol. The molecule has 152 valence electrons. The first-order valence-electron chi connectivity index (χ1n) is 9.50. The van der Waals surface area contributed by atoms with Crippen LogP contribution in [0.1, 0.15) is 29.2 Å². The van der Waals surface area contributed by atoms with Gasteiger partial charge in [0.1, 0.15) is 0 Å². The Kier molecular flexibility index (Phi) is 5.93. The predicted octanol–water partition coefficient (Wildman–Crippen LogP) is 6.38. The molecule has 4 rings (SSSR count). The molecule has 1 atom stereocenters. The molecule has 0 aliphatic carbocycles. The Balaban J connectivity index is 1.57. The number of amides is 2. The van der Waals surface area contributed by atoms with Gasteiger partial charge in [-0.3, -0.25) is 0 Å². The van der Waals surface area contributed by atoms with Gasteiger partial charge in [-0.1, -0.05) is 65.2 Å². The maximum absolute atomic E-state index is 12.4. The molecule has 0 bridgehead atoms. The van der Waals surface area contributed by atoms with Crippen molar-refractivity contribution in [2.75, 3.05) is 10.6 Å². The number of urea groups is 1. The lowest BCUT2D eigenvalue weighted by Gasteiger charge is -2.29. The van der Waals surface area contributed by atoms with Crippen LogP contribution < -0.4 is 16.1 Å². The zero-order chi connectivity index (χ0) is 21.1. The minimum absolute atomic E-state index is 0.0664. The quantitative estimate of drug-likeness (QED) is 0.415. The Labute approximate surface area is 185 Å². The van der Waals surface area contributed by atoms with Gasteiger partial charge in [0, 0.05) is 33.4 Å². The smallest absolute Gasteiger partial charge is 0.339 e. The number of fused-ring (bicyclic) bond motifs is 1. The summed E-state index contributed by atoms with van der Waals surface area (Å²) in [6, 6.07) is 20.8. The fraction of sp³-hybridized carbons (Fsp3) is 0.130. The lowest BCUT2D eigenvalue weighted by molar-refractivity contribution is 0.252. The number of benzene rings is 3. The number of halogens is 2. The van der Waals surface area contributed by atoms with E-state index in [0.29, 0.717) is 22.2 Å². The molecule has 30 heavy (non-hydrogen) atoms. The summed E-state index contributed by atoms with van der Waals surface area (Å²) >= 11 is 12.0. The molecule has 7 heteroatoms. The van der Waals surface area contributed by atoms with Crippen LogP contribution in [0.15, 0.2) is 71.8 Å². The van der Waals surface area contributed by atoms with Crippen LogP contribution in [0.3, 0.4) is 0 Å². The fourth-order valence-corrected chi connectivity index (χ4v) is 3.99. The topological polar surface area (TPSA) is 65.5 Å². The average molecular weight is 439 g/mol. The van der Waals surface area contributed by atoms with Gasteiger partial charge >= 0.3 is 6.03 Å². The Morgan fingerprint density at radius 3 is 2.50 bits per heavy atom. The van der Waals surface area contributed by atoms with Gasteiger partial charge in [0.25, 0.3) is 0 Å². The third-order valence-electron chi connectivity index (χ3n) is 4.83. The SMILES string of the molecule is Cc1ccc2c(c1)C(=NNC(=O)Nc1cc(Cl)cc(Cl)c1)CC(c1ccccc1)N2. The number of rotatable bonds is 3. The third-order valence-corrected chi connectivity index (χ3v) is 5.26. The number of hydrogen-bond acceptors (Lipinski definition) is 3. The highest BCUT2D eigenvalue weighted by Gasteiger charge is 2.24. The van der Waals surface area contributed by atoms with Crippen molar-refractivity contribution in [1.82, 2.24) is 5.43 Å². The summed E-state index contributed by atoms with van der Waals surface area (Å²) < 4.78 is 0. The molecule has 0 aromatic heterocycles. The first-order valence-corrected chi connectivity index (χ1v) is 10.3. The van der Waals surface area contributed by atoms with E-state index in [2.05, 4.69) is 45.4 Å². The fourth-order valence-electron chi connectivity index (χ4n) is 3.46.